The third-order valence-electron chi connectivity index (χ3n) is 4.67. The van der Waals surface area contributed by atoms with Crippen LogP contribution in [0.5, 0.6) is 0 Å². The van der Waals surface area contributed by atoms with Gasteiger partial charge in [0.1, 0.15) is 5.82 Å². The molecule has 0 atom stereocenters. The highest BCUT2D eigenvalue weighted by atomic mass is 32.2. The predicted molar refractivity (Wildman–Crippen MR) is 96.8 cm³/mol. The summed E-state index contributed by atoms with van der Waals surface area (Å²) >= 11 is 0. The molecule has 4 nitrogen and oxygen atoms in total. The molecule has 1 saturated heterocycles. The largest absolute Gasteiger partial charge is 0.282 e. The smallest absolute Gasteiger partial charge is 0.207 e. The molecule has 2 aromatic carbocycles. The summed E-state index contributed by atoms with van der Waals surface area (Å²) in [5.41, 5.74) is 5.11. The lowest BCUT2D eigenvalue weighted by Gasteiger charge is -2.21. The highest BCUT2D eigenvalue weighted by Crippen LogP contribution is 2.25. The molecule has 0 saturated carbocycles. The molecule has 1 fully saturated rings. The van der Waals surface area contributed by atoms with Crippen molar-refractivity contribution in [2.75, 3.05) is 13.1 Å². The van der Waals surface area contributed by atoms with Crippen LogP contribution >= 0.6 is 0 Å². The van der Waals surface area contributed by atoms with Gasteiger partial charge in [0.25, 0.3) is 10.2 Å². The number of halogens is 1. The van der Waals surface area contributed by atoms with Crippen molar-refractivity contribution in [3.8, 4) is 0 Å². The second-order valence-corrected chi connectivity index (χ2v) is 8.61. The standard InChI is InChI=1S/C19H23FN2O2S/c1-14-9-15(2)19(16(3)10-14)13-22-8-7-21(25(22,23)24)12-17-5-4-6-18(20)11-17/h4-6,9-11H,7-8,12-13H2,1-3H3. The molecule has 0 N–H and O–H groups in total. The van der Waals surface area contributed by atoms with Gasteiger partial charge < -0.3 is 0 Å². The van der Waals surface area contributed by atoms with E-state index in [0.29, 0.717) is 25.2 Å². The molecule has 0 unspecified atom stereocenters. The maximum atomic E-state index is 13.3. The summed E-state index contributed by atoms with van der Waals surface area (Å²) < 4.78 is 41.9. The number of hydrogen-bond acceptors (Lipinski definition) is 2. The zero-order valence-corrected chi connectivity index (χ0v) is 15.6. The van der Waals surface area contributed by atoms with Crippen LogP contribution in [-0.4, -0.2) is 30.1 Å². The average Bonchev–Trinajstić information content (AvgIpc) is 2.78. The number of benzene rings is 2. The van der Waals surface area contributed by atoms with Crippen molar-refractivity contribution in [2.45, 2.75) is 33.9 Å². The molecule has 0 aliphatic carbocycles. The van der Waals surface area contributed by atoms with Crippen molar-refractivity contribution in [3.63, 3.8) is 0 Å². The van der Waals surface area contributed by atoms with Crippen LogP contribution in [0.15, 0.2) is 36.4 Å². The Morgan fingerprint density at radius 3 is 2.16 bits per heavy atom. The lowest BCUT2D eigenvalue weighted by atomic mass is 10.00. The van der Waals surface area contributed by atoms with Gasteiger partial charge in [-0.15, -0.1) is 0 Å². The zero-order chi connectivity index (χ0) is 18.2. The fourth-order valence-corrected chi connectivity index (χ4v) is 4.97. The minimum absolute atomic E-state index is 0.197. The maximum Gasteiger partial charge on any atom is 0.282 e. The lowest BCUT2D eigenvalue weighted by molar-refractivity contribution is 0.436. The van der Waals surface area contributed by atoms with Gasteiger partial charge in [-0.3, -0.25) is 0 Å². The van der Waals surface area contributed by atoms with Crippen LogP contribution in [0, 0.1) is 26.6 Å². The normalized spacial score (nSPS) is 17.9. The topological polar surface area (TPSA) is 40.6 Å². The number of nitrogens with zero attached hydrogens (tertiary/aromatic N) is 2. The summed E-state index contributed by atoms with van der Waals surface area (Å²) in [7, 11) is -3.54. The van der Waals surface area contributed by atoms with Gasteiger partial charge in [0, 0.05) is 26.2 Å². The summed E-state index contributed by atoms with van der Waals surface area (Å²) in [6, 6.07) is 10.2. The molecule has 25 heavy (non-hydrogen) atoms. The molecule has 1 aliphatic rings. The number of hydrogen-bond donors (Lipinski definition) is 0. The molecule has 0 spiro atoms. The Kier molecular flexibility index (Phi) is 4.95. The molecule has 0 amide bonds. The first-order valence-corrected chi connectivity index (χ1v) is 9.73. The fourth-order valence-electron chi connectivity index (χ4n) is 3.41. The van der Waals surface area contributed by atoms with E-state index in [1.54, 1.807) is 12.1 Å². The molecule has 6 heteroatoms. The summed E-state index contributed by atoms with van der Waals surface area (Å²) in [5.74, 6) is -0.350. The van der Waals surface area contributed by atoms with Crippen LogP contribution in [0.4, 0.5) is 4.39 Å². The minimum atomic E-state index is -3.54. The monoisotopic (exact) mass is 362 g/mol. The molecular formula is C19H23FN2O2S. The van der Waals surface area contributed by atoms with E-state index >= 15 is 0 Å². The van der Waals surface area contributed by atoms with Gasteiger partial charge in [0.15, 0.2) is 0 Å². The summed E-state index contributed by atoms with van der Waals surface area (Å²) in [6.45, 7) is 7.51. The molecule has 134 valence electrons. The predicted octanol–water partition coefficient (Wildman–Crippen LogP) is 3.31. The Morgan fingerprint density at radius 1 is 0.960 bits per heavy atom. The van der Waals surface area contributed by atoms with Gasteiger partial charge in [-0.2, -0.15) is 17.0 Å². The van der Waals surface area contributed by atoms with E-state index < -0.39 is 10.2 Å². The van der Waals surface area contributed by atoms with Gasteiger partial charge in [0.2, 0.25) is 0 Å². The van der Waals surface area contributed by atoms with Crippen LogP contribution < -0.4 is 0 Å². The Labute approximate surface area is 149 Å². The first kappa shape index (κ1) is 18.0. The highest BCUT2D eigenvalue weighted by Gasteiger charge is 2.36. The maximum absolute atomic E-state index is 13.3. The summed E-state index contributed by atoms with van der Waals surface area (Å²) in [6.07, 6.45) is 0. The molecule has 2 aromatic rings. The van der Waals surface area contributed by atoms with E-state index in [4.69, 9.17) is 0 Å². The molecule has 1 aliphatic heterocycles. The summed E-state index contributed by atoms with van der Waals surface area (Å²) in [4.78, 5) is 0. The second-order valence-electron chi connectivity index (χ2n) is 6.68. The van der Waals surface area contributed by atoms with Crippen LogP contribution in [0.3, 0.4) is 0 Å². The Morgan fingerprint density at radius 2 is 1.56 bits per heavy atom. The van der Waals surface area contributed by atoms with E-state index in [9.17, 15) is 12.8 Å². The van der Waals surface area contributed by atoms with Gasteiger partial charge in [-0.25, -0.2) is 4.39 Å². The van der Waals surface area contributed by atoms with Crippen LogP contribution in [-0.2, 0) is 23.3 Å². The number of aryl methyl sites for hydroxylation is 3. The fraction of sp³-hybridized carbons (Fsp3) is 0.368. The number of rotatable bonds is 4. The second kappa shape index (κ2) is 6.86. The van der Waals surface area contributed by atoms with Crippen LogP contribution in [0.2, 0.25) is 0 Å². The van der Waals surface area contributed by atoms with Crippen molar-refractivity contribution >= 4 is 10.2 Å². The van der Waals surface area contributed by atoms with E-state index in [1.165, 1.54) is 26.3 Å². The van der Waals surface area contributed by atoms with Crippen molar-refractivity contribution in [3.05, 3.63) is 70.0 Å². The third-order valence-corrected chi connectivity index (χ3v) is 6.60. The Balaban J connectivity index is 1.79. The van der Waals surface area contributed by atoms with Gasteiger partial charge in [0.05, 0.1) is 0 Å². The van der Waals surface area contributed by atoms with Gasteiger partial charge >= 0.3 is 0 Å². The highest BCUT2D eigenvalue weighted by molar-refractivity contribution is 7.86. The molecule has 1 heterocycles. The van der Waals surface area contributed by atoms with Crippen LogP contribution in [0.1, 0.15) is 27.8 Å². The van der Waals surface area contributed by atoms with Crippen molar-refractivity contribution in [1.29, 1.82) is 0 Å². The van der Waals surface area contributed by atoms with Crippen LogP contribution in [0.25, 0.3) is 0 Å². The van der Waals surface area contributed by atoms with E-state index in [0.717, 1.165) is 16.7 Å². The SMILES string of the molecule is Cc1cc(C)c(CN2CCN(Cc3cccc(F)c3)S2(=O)=O)c(C)c1. The van der Waals surface area contributed by atoms with Gasteiger partial charge in [-0.05, 0) is 55.2 Å². The zero-order valence-electron chi connectivity index (χ0n) is 14.8. The van der Waals surface area contributed by atoms with Crippen molar-refractivity contribution in [1.82, 2.24) is 8.61 Å². The Bertz CT molecular complexity index is 873. The summed E-state index contributed by atoms with van der Waals surface area (Å²) in [5, 5.41) is 0. The van der Waals surface area contributed by atoms with Crippen molar-refractivity contribution < 1.29 is 12.8 Å². The first-order chi connectivity index (χ1) is 11.8. The molecular weight excluding hydrogens is 339 g/mol. The lowest BCUT2D eigenvalue weighted by Crippen LogP contribution is -2.32. The molecule has 0 radical (unpaired) electrons. The van der Waals surface area contributed by atoms with Crippen molar-refractivity contribution in [2.24, 2.45) is 0 Å². The first-order valence-electron chi connectivity index (χ1n) is 8.34. The molecule has 0 bridgehead atoms. The van der Waals surface area contributed by atoms with E-state index in [-0.39, 0.29) is 12.4 Å². The molecule has 3 rings (SSSR count). The van der Waals surface area contributed by atoms with E-state index in [2.05, 4.69) is 12.1 Å². The molecule has 0 aromatic heterocycles. The third kappa shape index (κ3) is 3.76. The Hall–Kier alpha value is -1.76. The van der Waals surface area contributed by atoms with E-state index in [1.807, 2.05) is 20.8 Å². The average molecular weight is 362 g/mol. The minimum Gasteiger partial charge on any atom is -0.207 e. The quantitative estimate of drug-likeness (QED) is 0.837. The van der Waals surface area contributed by atoms with Gasteiger partial charge in [-0.1, -0.05) is 29.8 Å².